The van der Waals surface area contributed by atoms with E-state index in [1.807, 2.05) is 30.3 Å². The molecular formula is C23H30ClNO2. The number of allylic oxidation sites excluding steroid dienone is 1. The van der Waals surface area contributed by atoms with Gasteiger partial charge in [0.1, 0.15) is 5.75 Å². The normalized spacial score (nSPS) is 23.9. The number of methoxy groups -OCH3 is 1. The highest BCUT2D eigenvalue weighted by Gasteiger charge is 2.42. The molecule has 1 fully saturated rings. The summed E-state index contributed by atoms with van der Waals surface area (Å²) in [6, 6.07) is 18.3. The number of ether oxygens (including phenoxy) is 1. The summed E-state index contributed by atoms with van der Waals surface area (Å²) >= 11 is 0. The first-order valence-corrected chi connectivity index (χ1v) is 9.27. The predicted molar refractivity (Wildman–Crippen MR) is 114 cm³/mol. The molecule has 2 aromatic carbocycles. The van der Waals surface area contributed by atoms with Crippen molar-refractivity contribution in [2.75, 3.05) is 27.7 Å². The number of benzene rings is 2. The lowest BCUT2D eigenvalue weighted by molar-refractivity contribution is -0.0509. The van der Waals surface area contributed by atoms with Gasteiger partial charge in [-0.05, 0) is 56.6 Å². The number of rotatable bonds is 5. The minimum Gasteiger partial charge on any atom is -0.497 e. The monoisotopic (exact) mass is 387 g/mol. The summed E-state index contributed by atoms with van der Waals surface area (Å²) in [7, 11) is 5.81. The van der Waals surface area contributed by atoms with Crippen LogP contribution in [0.5, 0.6) is 5.75 Å². The zero-order valence-electron chi connectivity index (χ0n) is 16.4. The van der Waals surface area contributed by atoms with Crippen LogP contribution in [0.3, 0.4) is 0 Å². The second-order valence-electron chi connectivity index (χ2n) is 7.53. The minimum absolute atomic E-state index is 0. The Labute approximate surface area is 169 Å². The van der Waals surface area contributed by atoms with E-state index < -0.39 is 5.60 Å². The summed E-state index contributed by atoms with van der Waals surface area (Å²) in [5, 5.41) is 11.6. The van der Waals surface area contributed by atoms with Gasteiger partial charge in [0.05, 0.1) is 12.7 Å². The first-order valence-electron chi connectivity index (χ1n) is 9.27. The molecule has 1 aliphatic rings. The molecule has 1 N–H and O–H groups in total. The molecular weight excluding hydrogens is 358 g/mol. The van der Waals surface area contributed by atoms with Crippen molar-refractivity contribution in [1.82, 2.24) is 4.90 Å². The standard InChI is InChI=1S/C23H29NO2.ClH/c1-24(2)17-21-15-19(14-18-8-5-4-6-9-18)12-13-23(21,25)20-10-7-11-22(16-20)26-3;/h4-11,14,16,21,25H,12-13,15,17H2,1-3H3;1H/b19-14-;. The zero-order chi connectivity index (χ0) is 18.6. The summed E-state index contributed by atoms with van der Waals surface area (Å²) in [6.45, 7) is 0.847. The lowest BCUT2D eigenvalue weighted by Gasteiger charge is -2.42. The van der Waals surface area contributed by atoms with Crippen LogP contribution in [0.15, 0.2) is 60.2 Å². The van der Waals surface area contributed by atoms with E-state index in [0.717, 1.165) is 37.1 Å². The fourth-order valence-corrected chi connectivity index (χ4v) is 3.99. The van der Waals surface area contributed by atoms with Crippen LogP contribution in [0, 0.1) is 5.92 Å². The summed E-state index contributed by atoms with van der Waals surface area (Å²) in [6.07, 6.45) is 4.83. The Kier molecular flexibility index (Phi) is 7.49. The molecule has 0 radical (unpaired) electrons. The molecule has 0 spiro atoms. The van der Waals surface area contributed by atoms with Crippen LogP contribution in [0.2, 0.25) is 0 Å². The second kappa shape index (κ2) is 9.41. The zero-order valence-corrected chi connectivity index (χ0v) is 17.2. The molecule has 146 valence electrons. The Morgan fingerprint density at radius 3 is 2.56 bits per heavy atom. The largest absolute Gasteiger partial charge is 0.497 e. The Balaban J connectivity index is 0.00000261. The number of hydrogen-bond donors (Lipinski definition) is 1. The molecule has 0 aromatic heterocycles. The van der Waals surface area contributed by atoms with Crippen molar-refractivity contribution in [3.8, 4) is 5.75 Å². The van der Waals surface area contributed by atoms with Crippen molar-refractivity contribution in [3.05, 3.63) is 71.3 Å². The van der Waals surface area contributed by atoms with Crippen LogP contribution < -0.4 is 4.74 Å². The van der Waals surface area contributed by atoms with Gasteiger partial charge < -0.3 is 14.7 Å². The van der Waals surface area contributed by atoms with E-state index in [9.17, 15) is 5.11 Å². The van der Waals surface area contributed by atoms with E-state index in [1.54, 1.807) is 7.11 Å². The van der Waals surface area contributed by atoms with E-state index in [2.05, 4.69) is 49.3 Å². The van der Waals surface area contributed by atoms with Crippen LogP contribution in [-0.2, 0) is 5.60 Å². The highest BCUT2D eigenvalue weighted by atomic mass is 35.5. The van der Waals surface area contributed by atoms with Crippen molar-refractivity contribution in [1.29, 1.82) is 0 Å². The maximum atomic E-state index is 11.6. The summed E-state index contributed by atoms with van der Waals surface area (Å²) in [4.78, 5) is 2.17. The molecule has 2 aromatic rings. The first kappa shape index (κ1) is 21.5. The van der Waals surface area contributed by atoms with Gasteiger partial charge in [-0.1, -0.05) is 54.1 Å². The van der Waals surface area contributed by atoms with Gasteiger partial charge >= 0.3 is 0 Å². The fraction of sp³-hybridized carbons (Fsp3) is 0.391. The fourth-order valence-electron chi connectivity index (χ4n) is 3.99. The van der Waals surface area contributed by atoms with Crippen molar-refractivity contribution >= 4 is 18.5 Å². The van der Waals surface area contributed by atoms with E-state index in [1.165, 1.54) is 11.1 Å². The van der Waals surface area contributed by atoms with Crippen LogP contribution in [-0.4, -0.2) is 37.8 Å². The molecule has 3 nitrogen and oxygen atoms in total. The molecule has 0 amide bonds. The average Bonchev–Trinajstić information content (AvgIpc) is 2.65. The second-order valence-corrected chi connectivity index (χ2v) is 7.53. The van der Waals surface area contributed by atoms with E-state index >= 15 is 0 Å². The topological polar surface area (TPSA) is 32.7 Å². The maximum Gasteiger partial charge on any atom is 0.119 e. The van der Waals surface area contributed by atoms with Gasteiger partial charge in [0.25, 0.3) is 0 Å². The molecule has 3 rings (SSSR count). The van der Waals surface area contributed by atoms with Gasteiger partial charge in [-0.2, -0.15) is 0 Å². The summed E-state index contributed by atoms with van der Waals surface area (Å²) in [5.74, 6) is 0.943. The lowest BCUT2D eigenvalue weighted by Crippen LogP contribution is -2.43. The maximum absolute atomic E-state index is 11.6. The van der Waals surface area contributed by atoms with Crippen molar-refractivity contribution in [3.63, 3.8) is 0 Å². The molecule has 0 heterocycles. The van der Waals surface area contributed by atoms with Gasteiger partial charge in [0, 0.05) is 12.5 Å². The molecule has 0 bridgehead atoms. The van der Waals surface area contributed by atoms with E-state index in [4.69, 9.17) is 4.74 Å². The van der Waals surface area contributed by atoms with E-state index in [0.29, 0.717) is 0 Å². The quantitative estimate of drug-likeness (QED) is 0.803. The third-order valence-corrected chi connectivity index (χ3v) is 5.34. The predicted octanol–water partition coefficient (Wildman–Crippen LogP) is 4.75. The number of halogens is 1. The Bertz CT molecular complexity index is 760. The molecule has 27 heavy (non-hydrogen) atoms. The first-order chi connectivity index (χ1) is 12.5. The van der Waals surface area contributed by atoms with Crippen molar-refractivity contribution in [2.45, 2.75) is 24.9 Å². The molecule has 2 unspecified atom stereocenters. The Morgan fingerprint density at radius 1 is 1.15 bits per heavy atom. The number of nitrogens with zero attached hydrogens (tertiary/aromatic N) is 1. The molecule has 2 atom stereocenters. The third kappa shape index (κ3) is 5.13. The number of aliphatic hydroxyl groups is 1. The van der Waals surface area contributed by atoms with Crippen molar-refractivity contribution < 1.29 is 9.84 Å². The molecule has 0 saturated heterocycles. The van der Waals surface area contributed by atoms with Crippen LogP contribution in [0.25, 0.3) is 6.08 Å². The molecule has 1 saturated carbocycles. The number of hydrogen-bond acceptors (Lipinski definition) is 3. The van der Waals surface area contributed by atoms with Crippen LogP contribution in [0.1, 0.15) is 30.4 Å². The molecule has 0 aliphatic heterocycles. The third-order valence-electron chi connectivity index (χ3n) is 5.34. The lowest BCUT2D eigenvalue weighted by atomic mass is 9.69. The summed E-state index contributed by atoms with van der Waals surface area (Å²) in [5.41, 5.74) is 2.78. The average molecular weight is 388 g/mol. The highest BCUT2D eigenvalue weighted by Crippen LogP contribution is 2.45. The molecule has 1 aliphatic carbocycles. The molecule has 4 heteroatoms. The van der Waals surface area contributed by atoms with Gasteiger partial charge in [0.2, 0.25) is 0 Å². The minimum atomic E-state index is -0.827. The Hall–Kier alpha value is -1.81. The highest BCUT2D eigenvalue weighted by molar-refractivity contribution is 5.85. The SMILES string of the molecule is COc1cccc(C2(O)CC/C(=C/c3ccccc3)CC2CN(C)C)c1.Cl. The van der Waals surface area contributed by atoms with Gasteiger partial charge in [-0.15, -0.1) is 12.4 Å². The van der Waals surface area contributed by atoms with Crippen molar-refractivity contribution in [2.24, 2.45) is 5.92 Å². The summed E-state index contributed by atoms with van der Waals surface area (Å²) < 4.78 is 5.37. The van der Waals surface area contributed by atoms with Crippen LogP contribution in [0.4, 0.5) is 0 Å². The van der Waals surface area contributed by atoms with Crippen LogP contribution >= 0.6 is 12.4 Å². The van der Waals surface area contributed by atoms with Gasteiger partial charge in [0.15, 0.2) is 0 Å². The Morgan fingerprint density at radius 2 is 1.89 bits per heavy atom. The van der Waals surface area contributed by atoms with Gasteiger partial charge in [-0.3, -0.25) is 0 Å². The van der Waals surface area contributed by atoms with E-state index in [-0.39, 0.29) is 18.3 Å². The van der Waals surface area contributed by atoms with Gasteiger partial charge in [-0.25, -0.2) is 0 Å². The smallest absolute Gasteiger partial charge is 0.119 e.